The fraction of sp³-hybridized carbons (Fsp3) is 0.500. The third-order valence-electron chi connectivity index (χ3n) is 2.06. The molecule has 1 amide bonds. The second-order valence-corrected chi connectivity index (χ2v) is 4.75. The molecular weight excluding hydrogens is 232 g/mol. The number of hydrogen-bond donors (Lipinski definition) is 2. The van der Waals surface area contributed by atoms with Crippen LogP contribution in [0, 0.1) is 6.92 Å². The lowest BCUT2D eigenvalue weighted by molar-refractivity contribution is 0.0915. The monoisotopic (exact) mass is 248 g/mol. The van der Waals surface area contributed by atoms with Crippen molar-refractivity contribution in [3.63, 3.8) is 0 Å². The maximum absolute atomic E-state index is 11.7. The number of carbonyl (C=O) groups excluding carboxylic acids is 1. The van der Waals surface area contributed by atoms with E-state index < -0.39 is 0 Å². The van der Waals surface area contributed by atoms with Crippen molar-refractivity contribution >= 4 is 29.7 Å². The maximum atomic E-state index is 11.7. The number of carbonyl (C=O) groups is 1. The van der Waals surface area contributed by atoms with Crippen molar-refractivity contribution in [2.24, 2.45) is 5.73 Å². The molecule has 0 spiro atoms. The molecule has 0 saturated heterocycles. The van der Waals surface area contributed by atoms with E-state index >= 15 is 0 Å². The summed E-state index contributed by atoms with van der Waals surface area (Å²) in [4.78, 5) is 11.7. The van der Waals surface area contributed by atoms with Crippen LogP contribution < -0.4 is 11.1 Å². The van der Waals surface area contributed by atoms with Gasteiger partial charge in [0.1, 0.15) is 0 Å². The summed E-state index contributed by atoms with van der Waals surface area (Å²) in [6.07, 6.45) is 0. The lowest BCUT2D eigenvalue weighted by atomic mass is 10.1. The minimum absolute atomic E-state index is 0. The first-order valence-corrected chi connectivity index (χ1v) is 5.46. The van der Waals surface area contributed by atoms with Gasteiger partial charge in [-0.3, -0.25) is 4.79 Å². The Hall–Kier alpha value is -0.580. The first-order valence-electron chi connectivity index (χ1n) is 4.51. The molecule has 0 atom stereocenters. The predicted molar refractivity (Wildman–Crippen MR) is 66.9 cm³/mol. The minimum Gasteiger partial charge on any atom is -0.346 e. The van der Waals surface area contributed by atoms with Gasteiger partial charge < -0.3 is 11.1 Å². The Labute approximate surface area is 100 Å². The van der Waals surface area contributed by atoms with Crippen LogP contribution in [0.3, 0.4) is 0 Å². The summed E-state index contributed by atoms with van der Waals surface area (Å²) in [5, 5.41) is 6.71. The number of amides is 1. The van der Waals surface area contributed by atoms with Gasteiger partial charge in [-0.15, -0.1) is 12.4 Å². The van der Waals surface area contributed by atoms with Crippen LogP contribution in [0.15, 0.2) is 10.8 Å². The van der Waals surface area contributed by atoms with Crippen LogP contribution in [0.4, 0.5) is 0 Å². The second kappa shape index (κ2) is 5.49. The van der Waals surface area contributed by atoms with E-state index in [1.54, 1.807) is 0 Å². The zero-order valence-electron chi connectivity index (χ0n) is 9.16. The van der Waals surface area contributed by atoms with Gasteiger partial charge in [0.05, 0.1) is 5.56 Å². The molecule has 1 aromatic rings. The SMILES string of the molecule is Cc1cscc1C(=O)NC(C)(C)CN.Cl. The number of nitrogens with one attached hydrogen (secondary N) is 1. The largest absolute Gasteiger partial charge is 0.346 e. The molecule has 0 aliphatic rings. The van der Waals surface area contributed by atoms with E-state index in [2.05, 4.69) is 5.32 Å². The van der Waals surface area contributed by atoms with Crippen LogP contribution in [0.2, 0.25) is 0 Å². The highest BCUT2D eigenvalue weighted by atomic mass is 35.5. The van der Waals surface area contributed by atoms with Crippen molar-refractivity contribution in [1.82, 2.24) is 5.32 Å². The van der Waals surface area contributed by atoms with Crippen LogP contribution in [-0.4, -0.2) is 18.0 Å². The van der Waals surface area contributed by atoms with Gasteiger partial charge in [0, 0.05) is 17.5 Å². The predicted octanol–water partition coefficient (Wildman–Crippen LogP) is 1.95. The normalized spacial score (nSPS) is 10.7. The summed E-state index contributed by atoms with van der Waals surface area (Å²) in [6, 6.07) is 0. The zero-order valence-corrected chi connectivity index (χ0v) is 10.8. The van der Waals surface area contributed by atoms with Crippen molar-refractivity contribution in [2.75, 3.05) is 6.54 Å². The summed E-state index contributed by atoms with van der Waals surface area (Å²) in [6.45, 7) is 6.18. The number of rotatable bonds is 3. The Bertz CT molecular complexity index is 336. The van der Waals surface area contributed by atoms with E-state index in [1.165, 1.54) is 11.3 Å². The average molecular weight is 249 g/mol. The molecule has 15 heavy (non-hydrogen) atoms. The van der Waals surface area contributed by atoms with Gasteiger partial charge in [-0.25, -0.2) is 0 Å². The zero-order chi connectivity index (χ0) is 10.8. The third-order valence-corrected chi connectivity index (χ3v) is 2.92. The third kappa shape index (κ3) is 3.81. The first kappa shape index (κ1) is 14.4. The molecule has 0 aromatic carbocycles. The molecule has 3 nitrogen and oxygen atoms in total. The Kier molecular flexibility index (Phi) is 5.28. The van der Waals surface area contributed by atoms with Crippen LogP contribution in [0.25, 0.3) is 0 Å². The lowest BCUT2D eigenvalue weighted by Crippen LogP contribution is -2.48. The van der Waals surface area contributed by atoms with Crippen molar-refractivity contribution in [2.45, 2.75) is 26.3 Å². The number of hydrogen-bond acceptors (Lipinski definition) is 3. The van der Waals surface area contributed by atoms with Gasteiger partial charge in [0.2, 0.25) is 0 Å². The van der Waals surface area contributed by atoms with E-state index in [0.29, 0.717) is 6.54 Å². The fourth-order valence-electron chi connectivity index (χ4n) is 1.02. The Balaban J connectivity index is 0.00000196. The lowest BCUT2D eigenvalue weighted by Gasteiger charge is -2.24. The molecule has 1 rings (SSSR count). The number of halogens is 1. The molecule has 3 N–H and O–H groups in total. The topological polar surface area (TPSA) is 55.1 Å². The number of thiophene rings is 1. The highest BCUT2D eigenvalue weighted by Crippen LogP contribution is 2.14. The summed E-state index contributed by atoms with van der Waals surface area (Å²) >= 11 is 1.54. The smallest absolute Gasteiger partial charge is 0.252 e. The molecule has 0 fully saturated rings. The summed E-state index contributed by atoms with van der Waals surface area (Å²) in [7, 11) is 0. The highest BCUT2D eigenvalue weighted by molar-refractivity contribution is 7.08. The molecule has 0 unspecified atom stereocenters. The second-order valence-electron chi connectivity index (χ2n) is 4.01. The Morgan fingerprint density at radius 1 is 1.53 bits per heavy atom. The maximum Gasteiger partial charge on any atom is 0.252 e. The van der Waals surface area contributed by atoms with Crippen LogP contribution in [0.5, 0.6) is 0 Å². The van der Waals surface area contributed by atoms with Gasteiger partial charge in [-0.2, -0.15) is 11.3 Å². The van der Waals surface area contributed by atoms with Crippen molar-refractivity contribution in [3.05, 3.63) is 21.9 Å². The fourth-order valence-corrected chi connectivity index (χ4v) is 1.85. The average Bonchev–Trinajstić information content (AvgIpc) is 2.51. The quantitative estimate of drug-likeness (QED) is 0.859. The van der Waals surface area contributed by atoms with Crippen molar-refractivity contribution in [1.29, 1.82) is 0 Å². The van der Waals surface area contributed by atoms with Crippen LogP contribution >= 0.6 is 23.7 Å². The van der Waals surface area contributed by atoms with Gasteiger partial charge >= 0.3 is 0 Å². The molecule has 1 aromatic heterocycles. The van der Waals surface area contributed by atoms with E-state index in [1.807, 2.05) is 31.5 Å². The molecule has 0 radical (unpaired) electrons. The van der Waals surface area contributed by atoms with Crippen molar-refractivity contribution < 1.29 is 4.79 Å². The van der Waals surface area contributed by atoms with Gasteiger partial charge in [0.15, 0.2) is 0 Å². The van der Waals surface area contributed by atoms with Gasteiger partial charge in [0.25, 0.3) is 5.91 Å². The van der Waals surface area contributed by atoms with Crippen LogP contribution in [-0.2, 0) is 0 Å². The molecule has 0 saturated carbocycles. The van der Waals surface area contributed by atoms with Crippen molar-refractivity contribution in [3.8, 4) is 0 Å². The highest BCUT2D eigenvalue weighted by Gasteiger charge is 2.20. The number of aryl methyl sites for hydroxylation is 1. The summed E-state index contributed by atoms with van der Waals surface area (Å²) in [5.41, 5.74) is 6.95. The minimum atomic E-state index is -0.342. The first-order chi connectivity index (χ1) is 6.46. The summed E-state index contributed by atoms with van der Waals surface area (Å²) in [5.74, 6) is -0.0424. The van der Waals surface area contributed by atoms with E-state index in [-0.39, 0.29) is 23.9 Å². The van der Waals surface area contributed by atoms with Gasteiger partial charge in [-0.05, 0) is 31.7 Å². The summed E-state index contributed by atoms with van der Waals surface area (Å²) < 4.78 is 0. The molecule has 0 aliphatic heterocycles. The molecule has 5 heteroatoms. The van der Waals surface area contributed by atoms with E-state index in [0.717, 1.165) is 11.1 Å². The van der Waals surface area contributed by atoms with E-state index in [4.69, 9.17) is 5.73 Å². The Morgan fingerprint density at radius 2 is 2.13 bits per heavy atom. The molecule has 0 aliphatic carbocycles. The van der Waals surface area contributed by atoms with Gasteiger partial charge in [-0.1, -0.05) is 0 Å². The molecule has 0 bridgehead atoms. The standard InChI is InChI=1S/C10H16N2OS.ClH/c1-7-4-14-5-8(7)9(13)12-10(2,3)6-11;/h4-5H,6,11H2,1-3H3,(H,12,13);1H. The van der Waals surface area contributed by atoms with E-state index in [9.17, 15) is 4.79 Å². The molecule has 86 valence electrons. The number of nitrogens with two attached hydrogens (primary N) is 1. The molecular formula is C10H17ClN2OS. The molecule has 1 heterocycles. The Morgan fingerprint density at radius 3 is 2.53 bits per heavy atom. The van der Waals surface area contributed by atoms with Crippen LogP contribution in [0.1, 0.15) is 29.8 Å².